The van der Waals surface area contributed by atoms with Crippen LogP contribution in [0.4, 0.5) is 5.82 Å². The zero-order chi connectivity index (χ0) is 19.0. The molecule has 1 aromatic rings. The van der Waals surface area contributed by atoms with Gasteiger partial charge in [-0.3, -0.25) is 9.09 Å². The molecule has 0 amide bonds. The standard InChI is InChI=1S/C9H15N3O10P2S/c10-5-1-2-12(9(15)11-5)8-7(14)6(13)4(21-8)3-20-23(16,17)22-24(18,19)25/h1-2,4,6-8,13-14H,3H2,(H,16,17)(H2,10,11,15)(H2,18,19,25). The summed E-state index contributed by atoms with van der Waals surface area (Å²) in [7, 11) is -4.95. The topological polar surface area (TPSA) is 207 Å². The predicted octanol–water partition coefficient (Wildman–Crippen LogP) is -2.21. The summed E-state index contributed by atoms with van der Waals surface area (Å²) in [6.07, 6.45) is -4.70. The Hall–Kier alpha value is -0.760. The van der Waals surface area contributed by atoms with Gasteiger partial charge in [0.25, 0.3) is 0 Å². The molecular formula is C9H15N3O10P2S. The summed E-state index contributed by atoms with van der Waals surface area (Å²) >= 11 is 4.04. The molecule has 1 saturated heterocycles. The summed E-state index contributed by atoms with van der Waals surface area (Å²) in [5, 5.41) is 19.9. The Morgan fingerprint density at radius 2 is 2.00 bits per heavy atom. The molecule has 0 spiro atoms. The van der Waals surface area contributed by atoms with E-state index >= 15 is 0 Å². The number of hydrogen-bond acceptors (Lipinski definition) is 10. The number of phosphoric acid groups is 1. The van der Waals surface area contributed by atoms with Crippen LogP contribution in [0, 0.1) is 0 Å². The van der Waals surface area contributed by atoms with Crippen LogP contribution in [0.2, 0.25) is 0 Å². The lowest BCUT2D eigenvalue weighted by atomic mass is 10.1. The first-order valence-electron chi connectivity index (χ1n) is 6.50. The van der Waals surface area contributed by atoms with Gasteiger partial charge < -0.3 is 35.4 Å². The van der Waals surface area contributed by atoms with Crippen LogP contribution in [0.5, 0.6) is 0 Å². The largest absolute Gasteiger partial charge is 0.479 e. The molecule has 5 unspecified atom stereocenters. The SMILES string of the molecule is Nc1ccn(C2OC(COP(=O)(O)OP(O)(O)=S)C(O)C2O)c(=O)n1. The lowest BCUT2D eigenvalue weighted by Gasteiger charge is -2.18. The molecule has 0 aliphatic carbocycles. The second-order valence-corrected chi connectivity index (χ2v) is 9.18. The van der Waals surface area contributed by atoms with Crippen molar-refractivity contribution in [1.29, 1.82) is 0 Å². The quantitative estimate of drug-likeness (QED) is 0.271. The molecule has 0 radical (unpaired) electrons. The van der Waals surface area contributed by atoms with Crippen LogP contribution >= 0.6 is 14.5 Å². The zero-order valence-electron chi connectivity index (χ0n) is 12.2. The first-order chi connectivity index (χ1) is 11.4. The Morgan fingerprint density at radius 1 is 1.36 bits per heavy atom. The summed E-state index contributed by atoms with van der Waals surface area (Å²) < 4.78 is 26.0. The van der Waals surface area contributed by atoms with Gasteiger partial charge in [-0.25, -0.2) is 13.7 Å². The lowest BCUT2D eigenvalue weighted by Crippen LogP contribution is -2.36. The van der Waals surface area contributed by atoms with E-state index in [1.165, 1.54) is 12.3 Å². The van der Waals surface area contributed by atoms with Crippen molar-refractivity contribution in [3.8, 4) is 0 Å². The Kier molecular flexibility index (Phi) is 6.14. The van der Waals surface area contributed by atoms with Crippen molar-refractivity contribution < 1.29 is 43.0 Å². The van der Waals surface area contributed by atoms with E-state index < -0.39 is 51.4 Å². The van der Waals surface area contributed by atoms with Crippen LogP contribution in [-0.4, -0.2) is 59.4 Å². The van der Waals surface area contributed by atoms with Gasteiger partial charge in [0.2, 0.25) is 0 Å². The van der Waals surface area contributed by atoms with Crippen molar-refractivity contribution in [2.45, 2.75) is 24.5 Å². The minimum absolute atomic E-state index is 0.0590. The minimum Gasteiger partial charge on any atom is -0.387 e. The van der Waals surface area contributed by atoms with Crippen LogP contribution in [0.1, 0.15) is 6.23 Å². The number of aromatic nitrogens is 2. The summed E-state index contributed by atoms with van der Waals surface area (Å²) in [4.78, 5) is 42.2. The average Bonchev–Trinajstić information content (AvgIpc) is 2.71. The second kappa shape index (κ2) is 7.47. The van der Waals surface area contributed by atoms with Crippen molar-refractivity contribution in [3.05, 3.63) is 22.7 Å². The fourth-order valence-electron chi connectivity index (χ4n) is 2.04. The molecule has 7 N–H and O–H groups in total. The fraction of sp³-hybridized carbons (Fsp3) is 0.556. The summed E-state index contributed by atoms with van der Waals surface area (Å²) in [5.74, 6) is -0.0590. The third kappa shape index (κ3) is 5.36. The number of aliphatic hydroxyl groups excluding tert-OH is 2. The van der Waals surface area contributed by atoms with E-state index in [4.69, 9.17) is 20.3 Å². The average molecular weight is 419 g/mol. The normalized spacial score (nSPS) is 29.5. The highest BCUT2D eigenvalue weighted by atomic mass is 32.5. The van der Waals surface area contributed by atoms with E-state index in [1.54, 1.807) is 0 Å². The van der Waals surface area contributed by atoms with Crippen molar-refractivity contribution in [3.63, 3.8) is 0 Å². The second-order valence-electron chi connectivity index (χ2n) is 4.93. The number of nitrogens with zero attached hydrogens (tertiary/aromatic N) is 2. The smallest absolute Gasteiger partial charge is 0.387 e. The van der Waals surface area contributed by atoms with E-state index in [-0.39, 0.29) is 5.82 Å². The summed E-state index contributed by atoms with van der Waals surface area (Å²) in [6, 6.07) is 1.26. The maximum absolute atomic E-state index is 11.8. The van der Waals surface area contributed by atoms with E-state index in [2.05, 4.69) is 25.6 Å². The highest BCUT2D eigenvalue weighted by molar-refractivity contribution is 8.08. The molecule has 1 fully saturated rings. The molecule has 142 valence electrons. The van der Waals surface area contributed by atoms with Gasteiger partial charge >= 0.3 is 20.2 Å². The molecular weight excluding hydrogens is 404 g/mol. The Labute approximate surface area is 145 Å². The molecule has 1 aliphatic rings. The van der Waals surface area contributed by atoms with Gasteiger partial charge in [-0.05, 0) is 17.9 Å². The number of nitrogens with two attached hydrogens (primary N) is 1. The number of nitrogen functional groups attached to an aromatic ring is 1. The number of hydrogen-bond donors (Lipinski definition) is 6. The molecule has 1 aliphatic heterocycles. The van der Waals surface area contributed by atoms with Crippen molar-refractivity contribution in [1.82, 2.24) is 9.55 Å². The molecule has 16 heteroatoms. The van der Waals surface area contributed by atoms with Gasteiger partial charge in [-0.15, -0.1) is 0 Å². The highest BCUT2D eigenvalue weighted by Crippen LogP contribution is 2.57. The van der Waals surface area contributed by atoms with Crippen molar-refractivity contribution >= 4 is 32.2 Å². The molecule has 5 atom stereocenters. The van der Waals surface area contributed by atoms with Gasteiger partial charge in [-0.1, -0.05) is 0 Å². The van der Waals surface area contributed by atoms with Gasteiger partial charge in [0.05, 0.1) is 6.61 Å². The Balaban J connectivity index is 2.08. The van der Waals surface area contributed by atoms with Crippen molar-refractivity contribution in [2.75, 3.05) is 12.3 Å². The Morgan fingerprint density at radius 3 is 2.56 bits per heavy atom. The number of ether oxygens (including phenoxy) is 1. The predicted molar refractivity (Wildman–Crippen MR) is 84.4 cm³/mol. The third-order valence-electron chi connectivity index (χ3n) is 3.07. The Bertz CT molecular complexity index is 783. The van der Waals surface area contributed by atoms with E-state index in [9.17, 15) is 24.5 Å². The van der Waals surface area contributed by atoms with E-state index in [0.29, 0.717) is 0 Å². The van der Waals surface area contributed by atoms with Crippen LogP contribution in [0.3, 0.4) is 0 Å². The molecule has 1 aromatic heterocycles. The maximum Gasteiger partial charge on any atom is 0.479 e. The molecule has 2 rings (SSSR count). The number of rotatable bonds is 6. The molecule has 13 nitrogen and oxygen atoms in total. The molecule has 25 heavy (non-hydrogen) atoms. The van der Waals surface area contributed by atoms with Crippen LogP contribution in [-0.2, 0) is 29.9 Å². The molecule has 0 saturated carbocycles. The van der Waals surface area contributed by atoms with Crippen LogP contribution in [0.15, 0.2) is 17.1 Å². The number of phosphoric ester groups is 1. The van der Waals surface area contributed by atoms with Gasteiger partial charge in [-0.2, -0.15) is 4.98 Å². The summed E-state index contributed by atoms with van der Waals surface area (Å²) in [6.45, 7) is -5.25. The minimum atomic E-state index is -4.95. The third-order valence-corrected chi connectivity index (χ3v) is 5.83. The fourth-order valence-corrected chi connectivity index (χ4v) is 4.40. The van der Waals surface area contributed by atoms with Crippen LogP contribution < -0.4 is 11.4 Å². The monoisotopic (exact) mass is 419 g/mol. The summed E-state index contributed by atoms with van der Waals surface area (Å²) in [5.41, 5.74) is 4.49. The van der Waals surface area contributed by atoms with Crippen LogP contribution in [0.25, 0.3) is 0 Å². The number of anilines is 1. The van der Waals surface area contributed by atoms with E-state index in [1.807, 2.05) is 0 Å². The van der Waals surface area contributed by atoms with Gasteiger partial charge in [0.15, 0.2) is 6.23 Å². The number of aliphatic hydroxyl groups is 2. The van der Waals surface area contributed by atoms with Gasteiger partial charge in [0.1, 0.15) is 24.1 Å². The first-order valence-corrected chi connectivity index (χ1v) is 10.6. The van der Waals surface area contributed by atoms with E-state index in [0.717, 1.165) is 4.57 Å². The van der Waals surface area contributed by atoms with Gasteiger partial charge in [0, 0.05) is 6.20 Å². The van der Waals surface area contributed by atoms with Crippen molar-refractivity contribution in [2.24, 2.45) is 0 Å². The first kappa shape index (κ1) is 20.6. The molecule has 0 aromatic carbocycles. The zero-order valence-corrected chi connectivity index (χ0v) is 14.8. The maximum atomic E-state index is 11.8. The highest BCUT2D eigenvalue weighted by Gasteiger charge is 2.45. The molecule has 2 heterocycles. The lowest BCUT2D eigenvalue weighted by molar-refractivity contribution is -0.0540. The molecule has 0 bridgehead atoms.